The quantitative estimate of drug-likeness (QED) is 0.437. The van der Waals surface area contributed by atoms with Gasteiger partial charge in [0.1, 0.15) is 6.61 Å². The van der Waals surface area contributed by atoms with E-state index < -0.39 is 6.29 Å². The van der Waals surface area contributed by atoms with E-state index >= 15 is 0 Å². The van der Waals surface area contributed by atoms with Crippen LogP contribution in [0.15, 0.2) is 0 Å². The van der Waals surface area contributed by atoms with Crippen molar-refractivity contribution < 1.29 is 19.4 Å². The van der Waals surface area contributed by atoms with E-state index in [1.54, 1.807) is 0 Å². The molecule has 4 bridgehead atoms. The standard InChI is InChI=1S/C15H23O4/c1-10(16)18-2-3-19-14(17)15-7-11-4-12(8-15)6-13(5-11)9-15/h10-13H,2-9H2,1H3. The highest BCUT2D eigenvalue weighted by molar-refractivity contribution is 5.77. The molecule has 0 N–H and O–H groups in total. The fourth-order valence-electron chi connectivity index (χ4n) is 4.86. The van der Waals surface area contributed by atoms with E-state index in [1.165, 1.54) is 26.2 Å². The maximum absolute atomic E-state index is 12.4. The second-order valence-electron chi connectivity index (χ2n) is 6.77. The fraction of sp³-hybridized carbons (Fsp3) is 0.933. The second kappa shape index (κ2) is 5.06. The van der Waals surface area contributed by atoms with Crippen molar-refractivity contribution in [3.63, 3.8) is 0 Å². The first-order valence-corrected chi connectivity index (χ1v) is 7.52. The lowest BCUT2D eigenvalue weighted by atomic mass is 9.49. The SMILES string of the molecule is CC([O])OCCOC(=O)C12CC3CC(CC(C3)C1)C2. The molecule has 1 atom stereocenters. The Balaban J connectivity index is 1.54. The summed E-state index contributed by atoms with van der Waals surface area (Å²) < 4.78 is 10.3. The average Bonchev–Trinajstić information content (AvgIpc) is 2.32. The number of hydrogen-bond donors (Lipinski definition) is 0. The van der Waals surface area contributed by atoms with E-state index in [0.29, 0.717) is 0 Å². The van der Waals surface area contributed by atoms with Crippen molar-refractivity contribution in [1.29, 1.82) is 0 Å². The van der Waals surface area contributed by atoms with Crippen molar-refractivity contribution in [2.75, 3.05) is 13.2 Å². The van der Waals surface area contributed by atoms with Crippen LogP contribution in [0.3, 0.4) is 0 Å². The third-order valence-corrected chi connectivity index (χ3v) is 5.14. The van der Waals surface area contributed by atoms with Crippen LogP contribution in [0.2, 0.25) is 0 Å². The molecule has 4 aliphatic rings. The lowest BCUT2D eigenvalue weighted by Gasteiger charge is -2.55. The van der Waals surface area contributed by atoms with Gasteiger partial charge in [0.2, 0.25) is 0 Å². The molecule has 19 heavy (non-hydrogen) atoms. The average molecular weight is 267 g/mol. The van der Waals surface area contributed by atoms with Crippen LogP contribution >= 0.6 is 0 Å². The predicted octanol–water partition coefficient (Wildman–Crippen LogP) is 2.54. The van der Waals surface area contributed by atoms with Gasteiger partial charge in [-0.25, -0.2) is 5.11 Å². The van der Waals surface area contributed by atoms with Gasteiger partial charge < -0.3 is 9.47 Å². The van der Waals surface area contributed by atoms with Gasteiger partial charge in [-0.05, 0) is 63.2 Å². The third-order valence-electron chi connectivity index (χ3n) is 5.14. The van der Waals surface area contributed by atoms with Crippen molar-refractivity contribution >= 4 is 5.97 Å². The zero-order valence-corrected chi connectivity index (χ0v) is 11.6. The molecule has 4 nitrogen and oxygen atoms in total. The van der Waals surface area contributed by atoms with Gasteiger partial charge in [0.15, 0.2) is 6.29 Å². The summed E-state index contributed by atoms with van der Waals surface area (Å²) in [4.78, 5) is 12.4. The molecular weight excluding hydrogens is 244 g/mol. The van der Waals surface area contributed by atoms with Gasteiger partial charge in [0, 0.05) is 0 Å². The summed E-state index contributed by atoms with van der Waals surface area (Å²) in [7, 11) is 0. The van der Waals surface area contributed by atoms with E-state index in [9.17, 15) is 9.90 Å². The van der Waals surface area contributed by atoms with Crippen molar-refractivity contribution in [3.8, 4) is 0 Å². The Bertz CT molecular complexity index is 315. The molecule has 0 amide bonds. The highest BCUT2D eigenvalue weighted by Crippen LogP contribution is 2.60. The second-order valence-corrected chi connectivity index (χ2v) is 6.77. The molecule has 0 saturated heterocycles. The van der Waals surface area contributed by atoms with Crippen LogP contribution in [-0.2, 0) is 19.4 Å². The maximum Gasteiger partial charge on any atom is 0.312 e. The lowest BCUT2D eigenvalue weighted by molar-refractivity contribution is -0.178. The summed E-state index contributed by atoms with van der Waals surface area (Å²) in [6.45, 7) is 1.87. The Labute approximate surface area is 114 Å². The van der Waals surface area contributed by atoms with Crippen molar-refractivity contribution in [1.82, 2.24) is 0 Å². The van der Waals surface area contributed by atoms with Gasteiger partial charge in [-0.1, -0.05) is 0 Å². The van der Waals surface area contributed by atoms with E-state index in [4.69, 9.17) is 9.47 Å². The largest absolute Gasteiger partial charge is 0.463 e. The molecule has 0 heterocycles. The fourth-order valence-corrected chi connectivity index (χ4v) is 4.86. The Morgan fingerprint density at radius 1 is 1.11 bits per heavy atom. The minimum atomic E-state index is -1.04. The van der Waals surface area contributed by atoms with E-state index in [-0.39, 0.29) is 24.6 Å². The summed E-state index contributed by atoms with van der Waals surface area (Å²) in [5.74, 6) is 2.21. The zero-order valence-electron chi connectivity index (χ0n) is 11.6. The number of rotatable bonds is 5. The van der Waals surface area contributed by atoms with Crippen LogP contribution in [-0.4, -0.2) is 25.5 Å². The zero-order chi connectivity index (χ0) is 13.5. The van der Waals surface area contributed by atoms with Crippen LogP contribution in [0.1, 0.15) is 45.4 Å². The number of esters is 1. The maximum atomic E-state index is 12.4. The van der Waals surface area contributed by atoms with Gasteiger partial charge in [-0.3, -0.25) is 4.79 Å². The lowest BCUT2D eigenvalue weighted by Crippen LogP contribution is -2.50. The highest BCUT2D eigenvalue weighted by Gasteiger charge is 2.55. The molecule has 107 valence electrons. The van der Waals surface area contributed by atoms with Crippen molar-refractivity contribution in [2.45, 2.75) is 51.7 Å². The molecule has 0 aromatic heterocycles. The molecule has 4 aliphatic carbocycles. The Morgan fingerprint density at radius 3 is 2.11 bits per heavy atom. The molecule has 4 heteroatoms. The summed E-state index contributed by atoms with van der Waals surface area (Å²) in [5, 5.41) is 10.7. The predicted molar refractivity (Wildman–Crippen MR) is 67.7 cm³/mol. The van der Waals surface area contributed by atoms with Crippen molar-refractivity contribution in [3.05, 3.63) is 0 Å². The van der Waals surface area contributed by atoms with E-state index in [0.717, 1.165) is 37.0 Å². The van der Waals surface area contributed by atoms with Crippen molar-refractivity contribution in [2.24, 2.45) is 23.2 Å². The minimum absolute atomic E-state index is 0.0336. The van der Waals surface area contributed by atoms with Crippen LogP contribution in [0.5, 0.6) is 0 Å². The van der Waals surface area contributed by atoms with Crippen LogP contribution < -0.4 is 0 Å². The first-order chi connectivity index (χ1) is 9.07. The molecule has 1 radical (unpaired) electrons. The van der Waals surface area contributed by atoms with Gasteiger partial charge in [0.05, 0.1) is 12.0 Å². The molecule has 0 aromatic rings. The number of carbonyl (C=O) groups excluding carboxylic acids is 1. The Hall–Kier alpha value is -0.610. The first kappa shape index (κ1) is 13.4. The third kappa shape index (κ3) is 2.65. The number of ether oxygens (including phenoxy) is 2. The molecular formula is C15H23O4. The van der Waals surface area contributed by atoms with Gasteiger partial charge >= 0.3 is 5.97 Å². The summed E-state index contributed by atoms with van der Waals surface area (Å²) in [5.41, 5.74) is -0.197. The normalized spacial score (nSPS) is 41.3. The topological polar surface area (TPSA) is 55.4 Å². The van der Waals surface area contributed by atoms with Crippen LogP contribution in [0.4, 0.5) is 0 Å². The molecule has 4 fully saturated rings. The van der Waals surface area contributed by atoms with Crippen LogP contribution in [0.25, 0.3) is 0 Å². The molecule has 1 unspecified atom stereocenters. The molecule has 4 rings (SSSR count). The number of carbonyl (C=O) groups is 1. The monoisotopic (exact) mass is 267 g/mol. The summed E-state index contributed by atoms with van der Waals surface area (Å²) in [6.07, 6.45) is 6.00. The molecule has 4 saturated carbocycles. The smallest absolute Gasteiger partial charge is 0.312 e. The summed E-state index contributed by atoms with van der Waals surface area (Å²) in [6, 6.07) is 0. The Morgan fingerprint density at radius 2 is 1.63 bits per heavy atom. The number of hydrogen-bond acceptors (Lipinski definition) is 3. The van der Waals surface area contributed by atoms with Gasteiger partial charge in [-0.15, -0.1) is 0 Å². The Kier molecular flexibility index (Phi) is 3.56. The molecule has 0 aliphatic heterocycles. The summed E-state index contributed by atoms with van der Waals surface area (Å²) >= 11 is 0. The first-order valence-electron chi connectivity index (χ1n) is 7.52. The molecule has 0 aromatic carbocycles. The van der Waals surface area contributed by atoms with E-state index in [2.05, 4.69) is 0 Å². The van der Waals surface area contributed by atoms with E-state index in [1.807, 2.05) is 0 Å². The molecule has 0 spiro atoms. The highest BCUT2D eigenvalue weighted by atomic mass is 16.6. The van der Waals surface area contributed by atoms with Crippen LogP contribution in [0, 0.1) is 23.2 Å². The minimum Gasteiger partial charge on any atom is -0.463 e. The van der Waals surface area contributed by atoms with Gasteiger partial charge in [-0.2, -0.15) is 0 Å². The van der Waals surface area contributed by atoms with Gasteiger partial charge in [0.25, 0.3) is 0 Å².